The van der Waals surface area contributed by atoms with Gasteiger partial charge in [0.05, 0.1) is 16.3 Å². The molecule has 0 bridgehead atoms. The number of benzene rings is 1. The van der Waals surface area contributed by atoms with E-state index in [1.165, 1.54) is 18.2 Å². The fourth-order valence-corrected chi connectivity index (χ4v) is 1.55. The molecule has 0 atom stereocenters. The van der Waals surface area contributed by atoms with Gasteiger partial charge in [0.25, 0.3) is 5.91 Å². The Kier molecular flexibility index (Phi) is 6.31. The molecular formula is C14H19ClN2O3. The van der Waals surface area contributed by atoms with Gasteiger partial charge in [-0.1, -0.05) is 25.4 Å². The standard InChI is InChI=1S/C14H19ClN2O3/c1-9(2)5-6-17-13(18)8-20-14(19)10-3-4-11(15)12(16)7-10/h3-4,7,9H,5-6,8,16H2,1-2H3,(H,17,18). The van der Waals surface area contributed by atoms with E-state index in [-0.39, 0.29) is 18.1 Å². The summed E-state index contributed by atoms with van der Waals surface area (Å²) in [5.74, 6) is -0.414. The molecule has 1 aromatic rings. The Labute approximate surface area is 123 Å². The number of amides is 1. The molecule has 1 rings (SSSR count). The van der Waals surface area contributed by atoms with Gasteiger partial charge in [-0.25, -0.2) is 4.79 Å². The van der Waals surface area contributed by atoms with Crippen LogP contribution in [0, 0.1) is 5.92 Å². The number of carbonyl (C=O) groups excluding carboxylic acids is 2. The molecule has 5 nitrogen and oxygen atoms in total. The number of rotatable bonds is 6. The van der Waals surface area contributed by atoms with Gasteiger partial charge in [-0.15, -0.1) is 0 Å². The van der Waals surface area contributed by atoms with Crippen molar-refractivity contribution in [3.63, 3.8) is 0 Å². The first-order valence-electron chi connectivity index (χ1n) is 6.39. The molecule has 1 aromatic carbocycles. The Morgan fingerprint density at radius 3 is 2.70 bits per heavy atom. The van der Waals surface area contributed by atoms with Crippen LogP contribution >= 0.6 is 11.6 Å². The van der Waals surface area contributed by atoms with Crippen LogP contribution in [-0.2, 0) is 9.53 Å². The summed E-state index contributed by atoms with van der Waals surface area (Å²) in [5, 5.41) is 3.05. The molecule has 0 aromatic heterocycles. The van der Waals surface area contributed by atoms with Gasteiger partial charge in [0.2, 0.25) is 0 Å². The molecular weight excluding hydrogens is 280 g/mol. The third-order valence-corrected chi connectivity index (χ3v) is 2.95. The number of nitrogens with one attached hydrogen (secondary N) is 1. The van der Waals surface area contributed by atoms with Crippen LogP contribution in [0.3, 0.4) is 0 Å². The summed E-state index contributed by atoms with van der Waals surface area (Å²) in [6, 6.07) is 4.43. The number of hydrogen-bond acceptors (Lipinski definition) is 4. The molecule has 1 amide bonds. The Balaban J connectivity index is 2.39. The van der Waals surface area contributed by atoms with E-state index in [4.69, 9.17) is 22.1 Å². The van der Waals surface area contributed by atoms with Crippen LogP contribution < -0.4 is 11.1 Å². The molecule has 0 saturated heterocycles. The van der Waals surface area contributed by atoms with E-state index in [9.17, 15) is 9.59 Å². The molecule has 0 fully saturated rings. The number of hydrogen-bond donors (Lipinski definition) is 2. The largest absolute Gasteiger partial charge is 0.452 e. The number of anilines is 1. The van der Waals surface area contributed by atoms with Crippen LogP contribution in [-0.4, -0.2) is 25.0 Å². The lowest BCUT2D eigenvalue weighted by Crippen LogP contribution is -2.30. The maximum Gasteiger partial charge on any atom is 0.338 e. The van der Waals surface area contributed by atoms with Crippen molar-refractivity contribution in [1.82, 2.24) is 5.32 Å². The van der Waals surface area contributed by atoms with Gasteiger partial charge >= 0.3 is 5.97 Å². The molecule has 0 aliphatic heterocycles. The fourth-order valence-electron chi connectivity index (χ4n) is 1.44. The zero-order valence-electron chi connectivity index (χ0n) is 11.6. The lowest BCUT2D eigenvalue weighted by molar-refractivity contribution is -0.124. The van der Waals surface area contributed by atoms with Crippen LogP contribution in [0.4, 0.5) is 5.69 Å². The molecule has 110 valence electrons. The first-order valence-corrected chi connectivity index (χ1v) is 6.76. The highest BCUT2D eigenvalue weighted by Gasteiger charge is 2.11. The molecule has 0 unspecified atom stereocenters. The minimum atomic E-state index is -0.604. The SMILES string of the molecule is CC(C)CCNC(=O)COC(=O)c1ccc(Cl)c(N)c1. The van der Waals surface area contributed by atoms with E-state index in [1.807, 2.05) is 0 Å². The van der Waals surface area contributed by atoms with Gasteiger partial charge in [-0.05, 0) is 30.5 Å². The van der Waals surface area contributed by atoms with Gasteiger partial charge in [0, 0.05) is 6.54 Å². The van der Waals surface area contributed by atoms with Crippen molar-refractivity contribution in [2.24, 2.45) is 5.92 Å². The van der Waals surface area contributed by atoms with Gasteiger partial charge < -0.3 is 15.8 Å². The third-order valence-electron chi connectivity index (χ3n) is 2.61. The second-order valence-electron chi connectivity index (χ2n) is 4.84. The zero-order chi connectivity index (χ0) is 15.1. The highest BCUT2D eigenvalue weighted by molar-refractivity contribution is 6.33. The van der Waals surface area contributed by atoms with E-state index in [1.54, 1.807) is 0 Å². The number of esters is 1. The first-order chi connectivity index (χ1) is 9.40. The third kappa shape index (κ3) is 5.48. The number of nitrogen functional groups attached to an aromatic ring is 1. The first kappa shape index (κ1) is 16.3. The number of nitrogens with two attached hydrogens (primary N) is 1. The monoisotopic (exact) mass is 298 g/mol. The van der Waals surface area contributed by atoms with Crippen LogP contribution in [0.15, 0.2) is 18.2 Å². The molecule has 0 heterocycles. The number of carbonyl (C=O) groups is 2. The number of halogens is 1. The zero-order valence-corrected chi connectivity index (χ0v) is 12.4. The van der Waals surface area contributed by atoms with Crippen molar-refractivity contribution < 1.29 is 14.3 Å². The van der Waals surface area contributed by atoms with Crippen molar-refractivity contribution in [3.8, 4) is 0 Å². The van der Waals surface area contributed by atoms with E-state index in [0.29, 0.717) is 23.2 Å². The average molecular weight is 299 g/mol. The van der Waals surface area contributed by atoms with E-state index < -0.39 is 5.97 Å². The molecule has 0 saturated carbocycles. The van der Waals surface area contributed by atoms with Crippen molar-refractivity contribution >= 4 is 29.2 Å². The maximum absolute atomic E-state index is 11.7. The summed E-state index contributed by atoms with van der Waals surface area (Å²) in [4.78, 5) is 23.1. The summed E-state index contributed by atoms with van der Waals surface area (Å²) >= 11 is 5.75. The summed E-state index contributed by atoms with van der Waals surface area (Å²) in [6.45, 7) is 4.40. The molecule has 3 N–H and O–H groups in total. The van der Waals surface area contributed by atoms with Crippen LogP contribution in [0.25, 0.3) is 0 Å². The van der Waals surface area contributed by atoms with Gasteiger partial charge in [0.15, 0.2) is 6.61 Å². The molecule has 0 aliphatic carbocycles. The van der Waals surface area contributed by atoms with Crippen LogP contribution in [0.1, 0.15) is 30.6 Å². The quantitative estimate of drug-likeness (QED) is 0.623. The van der Waals surface area contributed by atoms with Crippen molar-refractivity contribution in [3.05, 3.63) is 28.8 Å². The minimum absolute atomic E-state index is 0.266. The molecule has 0 aliphatic rings. The lowest BCUT2D eigenvalue weighted by atomic mass is 10.1. The summed E-state index contributed by atoms with van der Waals surface area (Å²) < 4.78 is 4.89. The summed E-state index contributed by atoms with van der Waals surface area (Å²) in [5.41, 5.74) is 6.15. The molecule has 0 radical (unpaired) electrons. The van der Waals surface area contributed by atoms with Gasteiger partial charge in [0.1, 0.15) is 0 Å². The Morgan fingerprint density at radius 2 is 2.10 bits per heavy atom. The molecule has 20 heavy (non-hydrogen) atoms. The smallest absolute Gasteiger partial charge is 0.338 e. The van der Waals surface area contributed by atoms with E-state index in [0.717, 1.165) is 6.42 Å². The second kappa shape index (κ2) is 7.75. The van der Waals surface area contributed by atoms with Crippen LogP contribution in [0.5, 0.6) is 0 Å². The normalized spacial score (nSPS) is 10.4. The predicted octanol–water partition coefficient (Wildman–Crippen LogP) is 2.24. The summed E-state index contributed by atoms with van der Waals surface area (Å²) in [6.07, 6.45) is 0.882. The highest BCUT2D eigenvalue weighted by atomic mass is 35.5. The molecule has 0 spiro atoms. The van der Waals surface area contributed by atoms with Crippen molar-refractivity contribution in [2.45, 2.75) is 20.3 Å². The lowest BCUT2D eigenvalue weighted by Gasteiger charge is -2.08. The fraction of sp³-hybridized carbons (Fsp3) is 0.429. The summed E-state index contributed by atoms with van der Waals surface area (Å²) in [7, 11) is 0. The Bertz CT molecular complexity index is 489. The second-order valence-corrected chi connectivity index (χ2v) is 5.25. The van der Waals surface area contributed by atoms with Gasteiger partial charge in [-0.3, -0.25) is 4.79 Å². The van der Waals surface area contributed by atoms with Crippen molar-refractivity contribution in [1.29, 1.82) is 0 Å². The topological polar surface area (TPSA) is 81.4 Å². The van der Waals surface area contributed by atoms with Gasteiger partial charge in [-0.2, -0.15) is 0 Å². The Morgan fingerprint density at radius 1 is 1.40 bits per heavy atom. The minimum Gasteiger partial charge on any atom is -0.452 e. The molecule has 6 heteroatoms. The number of ether oxygens (including phenoxy) is 1. The van der Waals surface area contributed by atoms with Crippen molar-refractivity contribution in [2.75, 3.05) is 18.9 Å². The van der Waals surface area contributed by atoms with E-state index in [2.05, 4.69) is 19.2 Å². The Hall–Kier alpha value is -1.75. The maximum atomic E-state index is 11.7. The average Bonchev–Trinajstić information content (AvgIpc) is 2.38. The van der Waals surface area contributed by atoms with Crippen LogP contribution in [0.2, 0.25) is 5.02 Å². The van der Waals surface area contributed by atoms with E-state index >= 15 is 0 Å². The highest BCUT2D eigenvalue weighted by Crippen LogP contribution is 2.19. The predicted molar refractivity (Wildman–Crippen MR) is 78.6 cm³/mol.